The largest absolute Gasteiger partial charge is 0.465 e. The highest BCUT2D eigenvalue weighted by Gasteiger charge is 2.24. The molecule has 0 radical (unpaired) electrons. The maximum atomic E-state index is 10.9. The van der Waals surface area contributed by atoms with Gasteiger partial charge in [-0.15, -0.1) is 0 Å². The summed E-state index contributed by atoms with van der Waals surface area (Å²) in [6.45, 7) is 1.90. The van der Waals surface area contributed by atoms with Gasteiger partial charge in [-0.1, -0.05) is 28.9 Å². The second-order valence-corrected chi connectivity index (χ2v) is 5.10. The van der Waals surface area contributed by atoms with Gasteiger partial charge in [0.05, 0.1) is 0 Å². The first kappa shape index (κ1) is 13.7. The molecule has 0 atom stereocenters. The predicted molar refractivity (Wildman–Crippen MR) is 76.6 cm³/mol. The fraction of sp³-hybridized carbons (Fsp3) is 0.308. The molecule has 110 valence electrons. The fourth-order valence-electron chi connectivity index (χ4n) is 2.18. The van der Waals surface area contributed by atoms with E-state index in [4.69, 9.17) is 21.2 Å². The van der Waals surface area contributed by atoms with Crippen LogP contribution < -0.4 is 4.90 Å². The van der Waals surface area contributed by atoms with Crippen LogP contribution in [0.15, 0.2) is 28.8 Å². The summed E-state index contributed by atoms with van der Waals surface area (Å²) in [6.07, 6.45) is -0.903. The Morgan fingerprint density at radius 1 is 1.29 bits per heavy atom. The number of piperazine rings is 1. The maximum Gasteiger partial charge on any atom is 0.407 e. The number of benzene rings is 1. The average Bonchev–Trinajstić information content (AvgIpc) is 2.97. The summed E-state index contributed by atoms with van der Waals surface area (Å²) in [5.41, 5.74) is 0.779. The van der Waals surface area contributed by atoms with Gasteiger partial charge in [0.15, 0.2) is 0 Å². The molecule has 1 fully saturated rings. The third kappa shape index (κ3) is 2.92. The predicted octanol–water partition coefficient (Wildman–Crippen LogP) is 2.19. The molecule has 1 aromatic heterocycles. The van der Waals surface area contributed by atoms with Gasteiger partial charge in [-0.3, -0.25) is 0 Å². The van der Waals surface area contributed by atoms with E-state index in [1.54, 1.807) is 12.1 Å². The first-order chi connectivity index (χ1) is 10.1. The number of aromatic nitrogens is 2. The minimum atomic E-state index is -0.903. The van der Waals surface area contributed by atoms with Gasteiger partial charge in [0, 0.05) is 36.8 Å². The van der Waals surface area contributed by atoms with Gasteiger partial charge in [0.25, 0.3) is 0 Å². The van der Waals surface area contributed by atoms with Crippen molar-refractivity contribution in [1.82, 2.24) is 15.0 Å². The summed E-state index contributed by atoms with van der Waals surface area (Å²) in [4.78, 5) is 18.4. The minimum Gasteiger partial charge on any atom is -0.465 e. The topological polar surface area (TPSA) is 82.7 Å². The zero-order chi connectivity index (χ0) is 14.8. The van der Waals surface area contributed by atoms with E-state index in [1.807, 2.05) is 17.0 Å². The van der Waals surface area contributed by atoms with Crippen LogP contribution in [0.25, 0.3) is 11.4 Å². The van der Waals surface area contributed by atoms with Crippen molar-refractivity contribution in [3.05, 3.63) is 29.3 Å². The molecule has 21 heavy (non-hydrogen) atoms. The second kappa shape index (κ2) is 5.61. The number of anilines is 1. The third-order valence-electron chi connectivity index (χ3n) is 3.32. The van der Waals surface area contributed by atoms with Crippen LogP contribution in [0.1, 0.15) is 0 Å². The number of rotatable bonds is 2. The number of amides is 1. The fourth-order valence-corrected chi connectivity index (χ4v) is 2.37. The molecule has 1 amide bonds. The van der Waals surface area contributed by atoms with Crippen molar-refractivity contribution < 1.29 is 14.4 Å². The van der Waals surface area contributed by atoms with E-state index in [-0.39, 0.29) is 0 Å². The third-order valence-corrected chi connectivity index (χ3v) is 3.55. The Bertz CT molecular complexity index is 652. The lowest BCUT2D eigenvalue weighted by Gasteiger charge is -2.31. The van der Waals surface area contributed by atoms with E-state index in [1.165, 1.54) is 4.90 Å². The molecule has 1 saturated heterocycles. The summed E-state index contributed by atoms with van der Waals surface area (Å²) in [5, 5.41) is 13.5. The number of hydrogen-bond donors (Lipinski definition) is 1. The van der Waals surface area contributed by atoms with E-state index in [2.05, 4.69) is 10.1 Å². The Labute approximate surface area is 125 Å². The summed E-state index contributed by atoms with van der Waals surface area (Å²) in [7, 11) is 0. The molecule has 7 nitrogen and oxygen atoms in total. The standard InChI is InChI=1S/C13H13ClN4O3/c14-10-3-1-2-9(8-10)11-15-12(21-16-11)17-4-6-18(7-5-17)13(19)20/h1-3,8H,4-7H2,(H,19,20). The number of hydrogen-bond acceptors (Lipinski definition) is 5. The van der Waals surface area contributed by atoms with Crippen molar-refractivity contribution in [2.24, 2.45) is 0 Å². The summed E-state index contributed by atoms with van der Waals surface area (Å²) in [5.74, 6) is 0.466. The lowest BCUT2D eigenvalue weighted by molar-refractivity contribution is 0.141. The smallest absolute Gasteiger partial charge is 0.407 e. The van der Waals surface area contributed by atoms with Crippen molar-refractivity contribution in [3.63, 3.8) is 0 Å². The molecular formula is C13H13ClN4O3. The SMILES string of the molecule is O=C(O)N1CCN(c2nc(-c3cccc(Cl)c3)no2)CC1. The average molecular weight is 309 g/mol. The van der Waals surface area contributed by atoms with Gasteiger partial charge >= 0.3 is 12.1 Å². The Balaban J connectivity index is 1.73. The van der Waals surface area contributed by atoms with Crippen LogP contribution in [-0.2, 0) is 0 Å². The molecule has 3 rings (SSSR count). The first-order valence-corrected chi connectivity index (χ1v) is 6.84. The molecule has 1 aromatic carbocycles. The highest BCUT2D eigenvalue weighted by Crippen LogP contribution is 2.23. The van der Waals surface area contributed by atoms with Gasteiger partial charge < -0.3 is 19.4 Å². The van der Waals surface area contributed by atoms with Gasteiger partial charge in [0.2, 0.25) is 5.82 Å². The zero-order valence-corrected chi connectivity index (χ0v) is 11.8. The van der Waals surface area contributed by atoms with Gasteiger partial charge in [-0.05, 0) is 12.1 Å². The van der Waals surface area contributed by atoms with Crippen LogP contribution in [0.2, 0.25) is 5.02 Å². The van der Waals surface area contributed by atoms with Gasteiger partial charge in [0.1, 0.15) is 0 Å². The summed E-state index contributed by atoms with van der Waals surface area (Å²) >= 11 is 5.94. The Morgan fingerprint density at radius 3 is 2.71 bits per heavy atom. The van der Waals surface area contributed by atoms with Crippen molar-refractivity contribution in [2.75, 3.05) is 31.1 Å². The van der Waals surface area contributed by atoms with Gasteiger partial charge in [-0.25, -0.2) is 4.79 Å². The molecule has 0 saturated carbocycles. The molecule has 2 aromatic rings. The maximum absolute atomic E-state index is 10.9. The van der Waals surface area contributed by atoms with Crippen LogP contribution in [0.3, 0.4) is 0 Å². The molecular weight excluding hydrogens is 296 g/mol. The Morgan fingerprint density at radius 2 is 2.05 bits per heavy atom. The zero-order valence-electron chi connectivity index (χ0n) is 11.1. The van der Waals surface area contributed by atoms with Crippen LogP contribution >= 0.6 is 11.6 Å². The van der Waals surface area contributed by atoms with Crippen molar-refractivity contribution in [1.29, 1.82) is 0 Å². The quantitative estimate of drug-likeness (QED) is 0.915. The molecule has 0 spiro atoms. The first-order valence-electron chi connectivity index (χ1n) is 6.46. The molecule has 2 heterocycles. The second-order valence-electron chi connectivity index (χ2n) is 4.67. The van der Waals surface area contributed by atoms with Crippen molar-refractivity contribution >= 4 is 23.7 Å². The van der Waals surface area contributed by atoms with E-state index in [0.717, 1.165) is 5.56 Å². The van der Waals surface area contributed by atoms with Crippen molar-refractivity contribution in [3.8, 4) is 11.4 Å². The Kier molecular flexibility index (Phi) is 3.66. The number of halogens is 1. The van der Waals surface area contributed by atoms with Crippen LogP contribution in [0.4, 0.5) is 10.8 Å². The lowest BCUT2D eigenvalue weighted by Crippen LogP contribution is -2.48. The highest BCUT2D eigenvalue weighted by atomic mass is 35.5. The summed E-state index contributed by atoms with van der Waals surface area (Å²) in [6, 6.07) is 7.60. The number of nitrogens with zero attached hydrogens (tertiary/aromatic N) is 4. The molecule has 1 N–H and O–H groups in total. The van der Waals surface area contributed by atoms with Crippen molar-refractivity contribution in [2.45, 2.75) is 0 Å². The minimum absolute atomic E-state index is 0.398. The monoisotopic (exact) mass is 308 g/mol. The van der Waals surface area contributed by atoms with E-state index < -0.39 is 6.09 Å². The molecule has 0 aliphatic carbocycles. The number of carbonyl (C=O) groups is 1. The van der Waals surface area contributed by atoms with E-state index in [0.29, 0.717) is 43.0 Å². The Hall–Kier alpha value is -2.28. The van der Waals surface area contributed by atoms with Gasteiger partial charge in [-0.2, -0.15) is 4.98 Å². The van der Waals surface area contributed by atoms with Crippen LogP contribution in [-0.4, -0.2) is 52.4 Å². The lowest BCUT2D eigenvalue weighted by atomic mass is 10.2. The summed E-state index contributed by atoms with van der Waals surface area (Å²) < 4.78 is 5.25. The van der Waals surface area contributed by atoms with Crippen LogP contribution in [0, 0.1) is 0 Å². The molecule has 1 aliphatic heterocycles. The molecule has 8 heteroatoms. The molecule has 1 aliphatic rings. The normalized spacial score (nSPS) is 15.3. The highest BCUT2D eigenvalue weighted by molar-refractivity contribution is 6.30. The molecule has 0 unspecified atom stereocenters. The van der Waals surface area contributed by atoms with Crippen LogP contribution in [0.5, 0.6) is 0 Å². The van der Waals surface area contributed by atoms with E-state index in [9.17, 15) is 4.79 Å². The molecule has 0 bridgehead atoms. The van der Waals surface area contributed by atoms with E-state index >= 15 is 0 Å². The number of carboxylic acid groups (broad SMARTS) is 1.